The molecule has 3 atom stereocenters. The number of aryl methyl sites for hydroxylation is 2. The smallest absolute Gasteiger partial charge is 0.211 e. The molecule has 23 heavy (non-hydrogen) atoms. The van der Waals surface area contributed by atoms with Crippen molar-refractivity contribution < 1.29 is 9.15 Å². The predicted octanol–water partition coefficient (Wildman–Crippen LogP) is 4.29. The number of fused-ring (bicyclic) bond motifs is 2. The van der Waals surface area contributed by atoms with Crippen molar-refractivity contribution in [1.29, 1.82) is 0 Å². The van der Waals surface area contributed by atoms with Crippen molar-refractivity contribution in [2.24, 2.45) is 0 Å². The van der Waals surface area contributed by atoms with Crippen LogP contribution in [0.25, 0.3) is 0 Å². The highest BCUT2D eigenvalue weighted by molar-refractivity contribution is 7.16. The van der Waals surface area contributed by atoms with Gasteiger partial charge in [-0.05, 0) is 45.2 Å². The van der Waals surface area contributed by atoms with Crippen LogP contribution in [0.15, 0.2) is 10.5 Å². The highest BCUT2D eigenvalue weighted by Gasteiger charge is 2.47. The highest BCUT2D eigenvalue weighted by Crippen LogP contribution is 2.49. The van der Waals surface area contributed by atoms with E-state index in [1.54, 1.807) is 11.3 Å². The number of oxazole rings is 1. The van der Waals surface area contributed by atoms with Gasteiger partial charge in [0.15, 0.2) is 0 Å². The van der Waals surface area contributed by atoms with Gasteiger partial charge in [-0.15, -0.1) is 11.3 Å². The molecule has 124 valence electrons. The van der Waals surface area contributed by atoms with Crippen molar-refractivity contribution >= 4 is 22.9 Å². The number of rotatable bonds is 1. The van der Waals surface area contributed by atoms with Gasteiger partial charge in [-0.25, -0.2) is 4.98 Å². The van der Waals surface area contributed by atoms with Gasteiger partial charge in [0.1, 0.15) is 11.4 Å². The molecule has 1 spiro atoms. The second kappa shape index (κ2) is 5.59. The normalized spacial score (nSPS) is 30.6. The number of piperidine rings is 1. The molecular formula is C17H21ClN2O2S. The Labute approximate surface area is 145 Å². The van der Waals surface area contributed by atoms with Gasteiger partial charge < -0.3 is 14.5 Å². The summed E-state index contributed by atoms with van der Waals surface area (Å²) in [4.78, 5) is 5.90. The molecule has 1 saturated heterocycles. The van der Waals surface area contributed by atoms with Crippen LogP contribution in [-0.4, -0.2) is 17.6 Å². The molecular weight excluding hydrogens is 332 g/mol. The molecule has 4 nitrogen and oxygen atoms in total. The molecule has 2 aliphatic rings. The van der Waals surface area contributed by atoms with E-state index < -0.39 is 0 Å². The van der Waals surface area contributed by atoms with E-state index >= 15 is 0 Å². The first-order valence-electron chi connectivity index (χ1n) is 8.09. The van der Waals surface area contributed by atoms with Gasteiger partial charge >= 0.3 is 0 Å². The van der Waals surface area contributed by atoms with E-state index in [1.165, 1.54) is 10.4 Å². The Balaban J connectivity index is 1.72. The van der Waals surface area contributed by atoms with E-state index in [0.717, 1.165) is 47.6 Å². The SMILES string of the molecule is Cc1nc(C2CC3(CC(C)N2)OCCc2cc(Cl)sc23)oc1C. The summed E-state index contributed by atoms with van der Waals surface area (Å²) < 4.78 is 13.1. The summed E-state index contributed by atoms with van der Waals surface area (Å²) in [6.45, 7) is 6.90. The zero-order chi connectivity index (χ0) is 16.2. The zero-order valence-corrected chi connectivity index (χ0v) is 15.2. The lowest BCUT2D eigenvalue weighted by molar-refractivity contribution is -0.0974. The standard InChI is InChI=1S/C17H21ClN2O2S/c1-9-7-17(15-12(4-5-21-17)6-14(18)23-15)8-13(19-9)16-20-10(2)11(3)22-16/h6,9,13,19H,4-5,7-8H2,1-3H3. The first-order chi connectivity index (χ1) is 11.0. The van der Waals surface area contributed by atoms with Crippen LogP contribution in [0.5, 0.6) is 0 Å². The highest BCUT2D eigenvalue weighted by atomic mass is 35.5. The third-order valence-electron chi connectivity index (χ3n) is 4.94. The maximum atomic E-state index is 6.35. The average Bonchev–Trinajstić information content (AvgIpc) is 3.02. The molecule has 1 N–H and O–H groups in total. The van der Waals surface area contributed by atoms with Crippen LogP contribution in [0.1, 0.15) is 53.6 Å². The van der Waals surface area contributed by atoms with Gasteiger partial charge in [-0.1, -0.05) is 11.6 Å². The number of ether oxygens (including phenoxy) is 1. The number of hydrogen-bond donors (Lipinski definition) is 1. The van der Waals surface area contributed by atoms with Crippen molar-refractivity contribution in [1.82, 2.24) is 10.3 Å². The second-order valence-electron chi connectivity index (χ2n) is 6.72. The molecule has 2 aromatic rings. The molecule has 6 heteroatoms. The molecule has 0 saturated carbocycles. The fourth-order valence-corrected chi connectivity index (χ4v) is 5.33. The summed E-state index contributed by atoms with van der Waals surface area (Å²) in [5.41, 5.74) is 2.04. The van der Waals surface area contributed by atoms with Crippen molar-refractivity contribution in [3.05, 3.63) is 38.2 Å². The lowest BCUT2D eigenvalue weighted by atomic mass is 9.80. The number of nitrogens with one attached hydrogen (secondary N) is 1. The van der Waals surface area contributed by atoms with Crippen LogP contribution in [0.2, 0.25) is 4.34 Å². The minimum atomic E-state index is -0.267. The minimum absolute atomic E-state index is 0.0676. The summed E-state index contributed by atoms with van der Waals surface area (Å²) in [5.74, 6) is 1.66. The van der Waals surface area contributed by atoms with Crippen LogP contribution in [0.4, 0.5) is 0 Å². The first-order valence-corrected chi connectivity index (χ1v) is 9.29. The summed E-state index contributed by atoms with van der Waals surface area (Å²) >= 11 is 7.95. The Hall–Kier alpha value is -0.880. The fraction of sp³-hybridized carbons (Fsp3) is 0.588. The van der Waals surface area contributed by atoms with Gasteiger partial charge in [0, 0.05) is 17.3 Å². The number of aromatic nitrogens is 1. The maximum absolute atomic E-state index is 6.35. The van der Waals surface area contributed by atoms with Gasteiger partial charge in [0.05, 0.1) is 22.7 Å². The van der Waals surface area contributed by atoms with E-state index in [0.29, 0.717) is 6.04 Å². The zero-order valence-electron chi connectivity index (χ0n) is 13.6. The lowest BCUT2D eigenvalue weighted by Crippen LogP contribution is -2.49. The number of halogens is 1. The van der Waals surface area contributed by atoms with Crippen molar-refractivity contribution in [2.75, 3.05) is 6.61 Å². The Morgan fingerprint density at radius 3 is 2.96 bits per heavy atom. The second-order valence-corrected chi connectivity index (χ2v) is 8.40. The van der Waals surface area contributed by atoms with Crippen molar-refractivity contribution in [3.8, 4) is 0 Å². The number of nitrogens with zero attached hydrogens (tertiary/aromatic N) is 1. The van der Waals surface area contributed by atoms with E-state index in [1.807, 2.05) is 13.8 Å². The van der Waals surface area contributed by atoms with Crippen LogP contribution in [0.3, 0.4) is 0 Å². The van der Waals surface area contributed by atoms with Gasteiger partial charge in [0.2, 0.25) is 5.89 Å². The quantitative estimate of drug-likeness (QED) is 0.831. The summed E-state index contributed by atoms with van der Waals surface area (Å²) in [7, 11) is 0. The Morgan fingerprint density at radius 1 is 1.39 bits per heavy atom. The van der Waals surface area contributed by atoms with Gasteiger partial charge in [-0.2, -0.15) is 0 Å². The van der Waals surface area contributed by atoms with Gasteiger partial charge in [0.25, 0.3) is 0 Å². The fourth-order valence-electron chi connectivity index (χ4n) is 3.87. The van der Waals surface area contributed by atoms with E-state index in [-0.39, 0.29) is 11.6 Å². The molecule has 1 fully saturated rings. The largest absolute Gasteiger partial charge is 0.444 e. The number of thiophene rings is 1. The van der Waals surface area contributed by atoms with Crippen LogP contribution >= 0.6 is 22.9 Å². The molecule has 0 aliphatic carbocycles. The minimum Gasteiger partial charge on any atom is -0.444 e. The van der Waals surface area contributed by atoms with Crippen LogP contribution < -0.4 is 5.32 Å². The van der Waals surface area contributed by atoms with Crippen LogP contribution in [-0.2, 0) is 16.8 Å². The lowest BCUT2D eigenvalue weighted by Gasteiger charge is -2.45. The summed E-state index contributed by atoms with van der Waals surface area (Å²) in [5, 5.41) is 3.62. The molecule has 4 heterocycles. The number of hydrogen-bond acceptors (Lipinski definition) is 5. The summed E-state index contributed by atoms with van der Waals surface area (Å²) in [6, 6.07) is 2.50. The first kappa shape index (κ1) is 15.6. The molecule has 0 bridgehead atoms. The Kier molecular flexibility index (Phi) is 3.80. The van der Waals surface area contributed by atoms with Crippen molar-refractivity contribution in [3.63, 3.8) is 0 Å². The Bertz CT molecular complexity index is 722. The molecule has 0 radical (unpaired) electrons. The topological polar surface area (TPSA) is 47.3 Å². The van der Waals surface area contributed by atoms with E-state index in [9.17, 15) is 0 Å². The third kappa shape index (κ3) is 2.64. The molecule has 2 aromatic heterocycles. The predicted molar refractivity (Wildman–Crippen MR) is 91.2 cm³/mol. The monoisotopic (exact) mass is 352 g/mol. The van der Waals surface area contributed by atoms with E-state index in [4.69, 9.17) is 20.8 Å². The molecule has 4 rings (SSSR count). The van der Waals surface area contributed by atoms with Crippen molar-refractivity contribution in [2.45, 2.75) is 57.7 Å². The Morgan fingerprint density at radius 2 is 2.22 bits per heavy atom. The van der Waals surface area contributed by atoms with Crippen LogP contribution in [0, 0.1) is 13.8 Å². The molecule has 2 aliphatic heterocycles. The van der Waals surface area contributed by atoms with Gasteiger partial charge in [-0.3, -0.25) is 0 Å². The maximum Gasteiger partial charge on any atom is 0.211 e. The average molecular weight is 353 g/mol. The third-order valence-corrected chi connectivity index (χ3v) is 6.43. The van der Waals surface area contributed by atoms with E-state index in [2.05, 4.69) is 23.3 Å². The molecule has 0 aromatic carbocycles. The molecule has 3 unspecified atom stereocenters. The molecule has 0 amide bonds. The summed E-state index contributed by atoms with van der Waals surface area (Å²) in [6.07, 6.45) is 2.73.